The maximum atomic E-state index is 11.7. The van der Waals surface area contributed by atoms with E-state index in [1.165, 1.54) is 6.07 Å². The van der Waals surface area contributed by atoms with Gasteiger partial charge in [-0.15, -0.1) is 0 Å². The van der Waals surface area contributed by atoms with Crippen LogP contribution in [0.3, 0.4) is 0 Å². The molecule has 0 aliphatic heterocycles. The van der Waals surface area contributed by atoms with Crippen LogP contribution in [0.25, 0.3) is 0 Å². The van der Waals surface area contributed by atoms with Gasteiger partial charge in [-0.25, -0.2) is 0 Å². The lowest BCUT2D eigenvalue weighted by atomic mass is 10.1. The van der Waals surface area contributed by atoms with E-state index in [9.17, 15) is 9.90 Å². The Morgan fingerprint density at radius 3 is 2.67 bits per heavy atom. The average Bonchev–Trinajstić information content (AvgIpc) is 2.18. The standard InChI is InChI=1S/C12H15NO2/c1-3-13-9(2)8-12(15)10-6-4-5-7-11(10)14/h4-7,14H,3,8H2,1-2H3. The van der Waals surface area contributed by atoms with Crippen LogP contribution in [0.15, 0.2) is 29.3 Å². The molecule has 0 aliphatic rings. The summed E-state index contributed by atoms with van der Waals surface area (Å²) >= 11 is 0. The number of nitrogens with zero attached hydrogens (tertiary/aromatic N) is 1. The van der Waals surface area contributed by atoms with Crippen molar-refractivity contribution in [3.05, 3.63) is 29.8 Å². The summed E-state index contributed by atoms with van der Waals surface area (Å²) in [5.41, 5.74) is 1.16. The van der Waals surface area contributed by atoms with Gasteiger partial charge in [-0.3, -0.25) is 9.79 Å². The molecule has 0 spiro atoms. The van der Waals surface area contributed by atoms with E-state index in [0.717, 1.165) is 5.71 Å². The summed E-state index contributed by atoms with van der Waals surface area (Å²) in [6.45, 7) is 4.43. The molecule has 0 fully saturated rings. The van der Waals surface area contributed by atoms with Crippen molar-refractivity contribution in [3.63, 3.8) is 0 Å². The largest absolute Gasteiger partial charge is 0.507 e. The van der Waals surface area contributed by atoms with E-state index in [-0.39, 0.29) is 18.0 Å². The lowest BCUT2D eigenvalue weighted by Gasteiger charge is -2.02. The molecule has 0 aromatic heterocycles. The maximum absolute atomic E-state index is 11.7. The van der Waals surface area contributed by atoms with Crippen LogP contribution < -0.4 is 0 Å². The molecule has 0 atom stereocenters. The first-order chi connectivity index (χ1) is 7.15. The molecule has 1 rings (SSSR count). The smallest absolute Gasteiger partial charge is 0.172 e. The number of Topliss-reactive ketones (excluding diaryl/α,β-unsaturated/α-hetero) is 1. The van der Waals surface area contributed by atoms with E-state index in [2.05, 4.69) is 4.99 Å². The SMILES string of the molecule is CCN=C(C)CC(=O)c1ccccc1O. The molecule has 0 radical (unpaired) electrons. The first kappa shape index (κ1) is 11.4. The van der Waals surface area contributed by atoms with Crippen LogP contribution >= 0.6 is 0 Å². The first-order valence-corrected chi connectivity index (χ1v) is 4.96. The monoisotopic (exact) mass is 205 g/mol. The van der Waals surface area contributed by atoms with Gasteiger partial charge in [0.2, 0.25) is 0 Å². The van der Waals surface area contributed by atoms with E-state index in [4.69, 9.17) is 0 Å². The highest BCUT2D eigenvalue weighted by molar-refractivity contribution is 6.10. The zero-order valence-corrected chi connectivity index (χ0v) is 9.03. The van der Waals surface area contributed by atoms with Crippen LogP contribution in [-0.2, 0) is 0 Å². The Morgan fingerprint density at radius 1 is 1.40 bits per heavy atom. The summed E-state index contributed by atoms with van der Waals surface area (Å²) < 4.78 is 0. The van der Waals surface area contributed by atoms with Gasteiger partial charge < -0.3 is 5.11 Å². The van der Waals surface area contributed by atoms with Crippen LogP contribution in [-0.4, -0.2) is 23.1 Å². The van der Waals surface area contributed by atoms with Crippen LogP contribution in [0, 0.1) is 0 Å². The number of aromatic hydroxyl groups is 1. The Labute approximate surface area is 89.5 Å². The average molecular weight is 205 g/mol. The summed E-state index contributed by atoms with van der Waals surface area (Å²) in [6, 6.07) is 6.56. The molecule has 1 N–H and O–H groups in total. The maximum Gasteiger partial charge on any atom is 0.172 e. The predicted octanol–water partition coefficient (Wildman–Crippen LogP) is 2.45. The summed E-state index contributed by atoms with van der Waals surface area (Å²) in [7, 11) is 0. The quantitative estimate of drug-likeness (QED) is 0.606. The lowest BCUT2D eigenvalue weighted by Crippen LogP contribution is -2.05. The van der Waals surface area contributed by atoms with Crippen molar-refractivity contribution in [1.82, 2.24) is 0 Å². The third kappa shape index (κ3) is 3.20. The number of aliphatic imine (C=N–C) groups is 1. The number of ketones is 1. The number of rotatable bonds is 4. The fourth-order valence-electron chi connectivity index (χ4n) is 1.36. The third-order valence-corrected chi connectivity index (χ3v) is 2.05. The molecule has 1 aromatic carbocycles. The number of benzene rings is 1. The van der Waals surface area contributed by atoms with Gasteiger partial charge >= 0.3 is 0 Å². The number of para-hydroxylation sites is 1. The summed E-state index contributed by atoms with van der Waals surface area (Å²) in [4.78, 5) is 15.8. The number of carbonyl (C=O) groups is 1. The zero-order chi connectivity index (χ0) is 11.3. The Morgan fingerprint density at radius 2 is 2.07 bits per heavy atom. The summed E-state index contributed by atoms with van der Waals surface area (Å²) in [6.07, 6.45) is 0.269. The van der Waals surface area contributed by atoms with Gasteiger partial charge in [0, 0.05) is 18.7 Å². The Balaban J connectivity index is 2.78. The van der Waals surface area contributed by atoms with Gasteiger partial charge in [0.1, 0.15) is 5.75 Å². The normalized spacial score (nSPS) is 11.5. The molecule has 0 heterocycles. The molecule has 0 bridgehead atoms. The summed E-state index contributed by atoms with van der Waals surface area (Å²) in [5, 5.41) is 9.46. The highest BCUT2D eigenvalue weighted by Crippen LogP contribution is 2.17. The van der Waals surface area contributed by atoms with Crippen LogP contribution in [0.1, 0.15) is 30.6 Å². The summed E-state index contributed by atoms with van der Waals surface area (Å²) in [5.74, 6) is -0.0606. The Hall–Kier alpha value is -1.64. The molecular weight excluding hydrogens is 190 g/mol. The third-order valence-electron chi connectivity index (χ3n) is 2.05. The van der Waals surface area contributed by atoms with Crippen molar-refractivity contribution in [2.75, 3.05) is 6.54 Å². The second kappa shape index (κ2) is 5.29. The number of phenols is 1. The molecule has 0 saturated carbocycles. The first-order valence-electron chi connectivity index (χ1n) is 4.96. The van der Waals surface area contributed by atoms with E-state index < -0.39 is 0 Å². The van der Waals surface area contributed by atoms with Gasteiger partial charge in [0.15, 0.2) is 5.78 Å². The topological polar surface area (TPSA) is 49.7 Å². The second-order valence-electron chi connectivity index (χ2n) is 3.33. The number of phenolic OH excluding ortho intramolecular Hbond substituents is 1. The van der Waals surface area contributed by atoms with Crippen molar-refractivity contribution in [1.29, 1.82) is 0 Å². The van der Waals surface area contributed by atoms with E-state index in [1.807, 2.05) is 13.8 Å². The fourth-order valence-corrected chi connectivity index (χ4v) is 1.36. The highest BCUT2D eigenvalue weighted by Gasteiger charge is 2.10. The van der Waals surface area contributed by atoms with Crippen molar-refractivity contribution in [3.8, 4) is 5.75 Å². The van der Waals surface area contributed by atoms with Crippen molar-refractivity contribution >= 4 is 11.5 Å². The molecule has 0 aliphatic carbocycles. The molecule has 0 amide bonds. The van der Waals surface area contributed by atoms with Crippen LogP contribution in [0.5, 0.6) is 5.75 Å². The van der Waals surface area contributed by atoms with Crippen LogP contribution in [0.2, 0.25) is 0 Å². The zero-order valence-electron chi connectivity index (χ0n) is 9.03. The van der Waals surface area contributed by atoms with Crippen molar-refractivity contribution in [2.24, 2.45) is 4.99 Å². The van der Waals surface area contributed by atoms with E-state index >= 15 is 0 Å². The van der Waals surface area contributed by atoms with Gasteiger partial charge in [0.05, 0.1) is 5.56 Å². The van der Waals surface area contributed by atoms with Crippen molar-refractivity contribution in [2.45, 2.75) is 20.3 Å². The van der Waals surface area contributed by atoms with Gasteiger partial charge in [-0.2, -0.15) is 0 Å². The minimum absolute atomic E-state index is 0.0341. The molecule has 3 nitrogen and oxygen atoms in total. The Bertz CT molecular complexity index is 383. The lowest BCUT2D eigenvalue weighted by molar-refractivity contribution is 0.0998. The molecule has 0 saturated heterocycles. The number of hydrogen-bond acceptors (Lipinski definition) is 3. The van der Waals surface area contributed by atoms with E-state index in [1.54, 1.807) is 18.2 Å². The minimum atomic E-state index is -0.0946. The molecule has 0 unspecified atom stereocenters. The highest BCUT2D eigenvalue weighted by atomic mass is 16.3. The van der Waals surface area contributed by atoms with Gasteiger partial charge in [-0.05, 0) is 26.0 Å². The minimum Gasteiger partial charge on any atom is -0.507 e. The number of carbonyl (C=O) groups excluding carboxylic acids is 1. The molecule has 80 valence electrons. The number of hydrogen-bond donors (Lipinski definition) is 1. The predicted molar refractivity (Wildman–Crippen MR) is 60.7 cm³/mol. The second-order valence-corrected chi connectivity index (χ2v) is 3.33. The fraction of sp³-hybridized carbons (Fsp3) is 0.333. The van der Waals surface area contributed by atoms with Gasteiger partial charge in [-0.1, -0.05) is 12.1 Å². The van der Waals surface area contributed by atoms with E-state index in [0.29, 0.717) is 12.1 Å². The van der Waals surface area contributed by atoms with Gasteiger partial charge in [0.25, 0.3) is 0 Å². The Kier molecular flexibility index (Phi) is 4.03. The molecule has 3 heteroatoms. The molecule has 1 aromatic rings. The molecule has 15 heavy (non-hydrogen) atoms. The van der Waals surface area contributed by atoms with Crippen molar-refractivity contribution < 1.29 is 9.90 Å². The molecular formula is C12H15NO2. The van der Waals surface area contributed by atoms with Crippen LogP contribution in [0.4, 0.5) is 0 Å².